The SMILES string of the molecule is NC1(C(=O)NCCCc2ncc[nH]2)CCC1. The van der Waals surface area contributed by atoms with Crippen LogP contribution in [0.25, 0.3) is 0 Å². The largest absolute Gasteiger partial charge is 0.354 e. The normalized spacial score (nSPS) is 17.8. The number of nitrogens with one attached hydrogen (secondary N) is 2. The van der Waals surface area contributed by atoms with Gasteiger partial charge in [-0.3, -0.25) is 4.79 Å². The van der Waals surface area contributed by atoms with Gasteiger partial charge < -0.3 is 16.0 Å². The molecule has 1 aromatic rings. The molecular formula is C11H18N4O. The fraction of sp³-hybridized carbons (Fsp3) is 0.636. The maximum Gasteiger partial charge on any atom is 0.240 e. The Morgan fingerprint density at radius 3 is 3.00 bits per heavy atom. The zero-order valence-electron chi connectivity index (χ0n) is 9.33. The average molecular weight is 222 g/mol. The Kier molecular flexibility index (Phi) is 3.24. The van der Waals surface area contributed by atoms with Crippen molar-refractivity contribution in [2.45, 2.75) is 37.6 Å². The van der Waals surface area contributed by atoms with E-state index in [-0.39, 0.29) is 5.91 Å². The van der Waals surface area contributed by atoms with E-state index in [0.29, 0.717) is 6.54 Å². The molecule has 0 bridgehead atoms. The molecule has 1 aromatic heterocycles. The number of nitrogens with two attached hydrogens (primary N) is 1. The van der Waals surface area contributed by atoms with Gasteiger partial charge >= 0.3 is 0 Å². The van der Waals surface area contributed by atoms with E-state index in [1.165, 1.54) is 0 Å². The Morgan fingerprint density at radius 1 is 1.62 bits per heavy atom. The summed E-state index contributed by atoms with van der Waals surface area (Å²) in [5.41, 5.74) is 5.31. The molecule has 1 aliphatic rings. The molecule has 1 aliphatic carbocycles. The van der Waals surface area contributed by atoms with Gasteiger partial charge in [0.15, 0.2) is 0 Å². The molecule has 88 valence electrons. The highest BCUT2D eigenvalue weighted by molar-refractivity contribution is 5.86. The van der Waals surface area contributed by atoms with Crippen LogP contribution in [0.3, 0.4) is 0 Å². The van der Waals surface area contributed by atoms with Crippen molar-refractivity contribution in [2.75, 3.05) is 6.54 Å². The van der Waals surface area contributed by atoms with Crippen molar-refractivity contribution in [1.82, 2.24) is 15.3 Å². The number of aromatic amines is 1. The molecule has 0 spiro atoms. The van der Waals surface area contributed by atoms with Crippen LogP contribution in [-0.4, -0.2) is 28.0 Å². The summed E-state index contributed by atoms with van der Waals surface area (Å²) in [4.78, 5) is 18.8. The molecule has 0 aromatic carbocycles. The van der Waals surface area contributed by atoms with Crippen molar-refractivity contribution in [3.05, 3.63) is 18.2 Å². The van der Waals surface area contributed by atoms with E-state index >= 15 is 0 Å². The summed E-state index contributed by atoms with van der Waals surface area (Å²) in [6.07, 6.45) is 7.97. The molecule has 0 radical (unpaired) electrons. The van der Waals surface area contributed by atoms with Gasteiger partial charge in [0.05, 0.1) is 5.54 Å². The second kappa shape index (κ2) is 4.65. The number of nitrogens with zero attached hydrogens (tertiary/aromatic N) is 1. The Labute approximate surface area is 94.8 Å². The molecule has 4 N–H and O–H groups in total. The summed E-state index contributed by atoms with van der Waals surface area (Å²) < 4.78 is 0. The maximum atomic E-state index is 11.6. The molecule has 5 nitrogen and oxygen atoms in total. The summed E-state index contributed by atoms with van der Waals surface area (Å²) in [5, 5.41) is 2.88. The summed E-state index contributed by atoms with van der Waals surface area (Å²) in [6.45, 7) is 0.665. The molecule has 16 heavy (non-hydrogen) atoms. The predicted octanol–water partition coefficient (Wildman–Crippen LogP) is 0.340. The van der Waals surface area contributed by atoms with Crippen molar-refractivity contribution in [2.24, 2.45) is 5.73 Å². The zero-order chi connectivity index (χ0) is 11.4. The van der Waals surface area contributed by atoms with E-state index in [9.17, 15) is 4.79 Å². The Hall–Kier alpha value is -1.36. The van der Waals surface area contributed by atoms with E-state index in [2.05, 4.69) is 15.3 Å². The van der Waals surface area contributed by atoms with Crippen molar-refractivity contribution >= 4 is 5.91 Å². The van der Waals surface area contributed by atoms with E-state index in [0.717, 1.165) is 37.9 Å². The van der Waals surface area contributed by atoms with Gasteiger partial charge in [0.25, 0.3) is 0 Å². The highest BCUT2D eigenvalue weighted by Gasteiger charge is 2.39. The number of hydrogen-bond donors (Lipinski definition) is 3. The lowest BCUT2D eigenvalue weighted by atomic mass is 9.77. The van der Waals surface area contributed by atoms with Gasteiger partial charge in [0.2, 0.25) is 5.91 Å². The zero-order valence-corrected chi connectivity index (χ0v) is 9.33. The third-order valence-corrected chi connectivity index (χ3v) is 3.13. The van der Waals surface area contributed by atoms with Gasteiger partial charge in [-0.05, 0) is 25.7 Å². The van der Waals surface area contributed by atoms with E-state index in [1.807, 2.05) is 0 Å². The first-order chi connectivity index (χ1) is 7.71. The lowest BCUT2D eigenvalue weighted by Crippen LogP contribution is -2.58. The number of hydrogen-bond acceptors (Lipinski definition) is 3. The second-order valence-electron chi connectivity index (χ2n) is 4.41. The van der Waals surface area contributed by atoms with Gasteiger partial charge in [-0.1, -0.05) is 0 Å². The van der Waals surface area contributed by atoms with Gasteiger partial charge in [0, 0.05) is 25.4 Å². The summed E-state index contributed by atoms with van der Waals surface area (Å²) >= 11 is 0. The molecule has 1 saturated carbocycles. The average Bonchev–Trinajstić information content (AvgIpc) is 2.73. The van der Waals surface area contributed by atoms with E-state index in [4.69, 9.17) is 5.73 Å². The predicted molar refractivity (Wildman–Crippen MR) is 60.7 cm³/mol. The second-order valence-corrected chi connectivity index (χ2v) is 4.41. The van der Waals surface area contributed by atoms with Crippen molar-refractivity contribution in [3.63, 3.8) is 0 Å². The molecule has 2 rings (SSSR count). The summed E-state index contributed by atoms with van der Waals surface area (Å²) in [7, 11) is 0. The van der Waals surface area contributed by atoms with Crippen LogP contribution in [0.4, 0.5) is 0 Å². The number of amides is 1. The van der Waals surface area contributed by atoms with Crippen LogP contribution >= 0.6 is 0 Å². The molecule has 0 saturated heterocycles. The summed E-state index contributed by atoms with van der Waals surface area (Å²) in [5.74, 6) is 0.957. The molecule has 1 fully saturated rings. The minimum atomic E-state index is -0.579. The third kappa shape index (κ3) is 2.41. The molecule has 1 heterocycles. The lowest BCUT2D eigenvalue weighted by molar-refractivity contribution is -0.129. The monoisotopic (exact) mass is 222 g/mol. The Balaban J connectivity index is 1.63. The first-order valence-electron chi connectivity index (χ1n) is 5.76. The Bertz CT molecular complexity index is 343. The van der Waals surface area contributed by atoms with Crippen LogP contribution in [0.15, 0.2) is 12.4 Å². The molecule has 0 unspecified atom stereocenters. The summed E-state index contributed by atoms with van der Waals surface area (Å²) in [6, 6.07) is 0. The third-order valence-electron chi connectivity index (χ3n) is 3.13. The molecule has 0 atom stereocenters. The van der Waals surface area contributed by atoms with E-state index in [1.54, 1.807) is 12.4 Å². The first-order valence-corrected chi connectivity index (χ1v) is 5.76. The van der Waals surface area contributed by atoms with Gasteiger partial charge in [-0.2, -0.15) is 0 Å². The van der Waals surface area contributed by atoms with Crippen LogP contribution in [0.2, 0.25) is 0 Å². The number of carbonyl (C=O) groups excluding carboxylic acids is 1. The number of aryl methyl sites for hydroxylation is 1. The van der Waals surface area contributed by atoms with Crippen molar-refractivity contribution in [3.8, 4) is 0 Å². The van der Waals surface area contributed by atoms with Crippen LogP contribution in [-0.2, 0) is 11.2 Å². The molecule has 0 aliphatic heterocycles. The minimum absolute atomic E-state index is 0.00167. The molecule has 1 amide bonds. The topological polar surface area (TPSA) is 83.8 Å². The van der Waals surface area contributed by atoms with Crippen LogP contribution < -0.4 is 11.1 Å². The number of carbonyl (C=O) groups is 1. The fourth-order valence-corrected chi connectivity index (χ4v) is 1.85. The fourth-order valence-electron chi connectivity index (χ4n) is 1.85. The standard InChI is InChI=1S/C11H18N4O/c12-11(4-2-5-11)10(16)15-6-1-3-9-13-7-8-14-9/h7-8H,1-6,12H2,(H,13,14)(H,15,16). The van der Waals surface area contributed by atoms with Gasteiger partial charge in [-0.15, -0.1) is 0 Å². The highest BCUT2D eigenvalue weighted by Crippen LogP contribution is 2.28. The Morgan fingerprint density at radius 2 is 2.44 bits per heavy atom. The molecular weight excluding hydrogens is 204 g/mol. The number of rotatable bonds is 5. The lowest BCUT2D eigenvalue weighted by Gasteiger charge is -2.36. The number of H-pyrrole nitrogens is 1. The first kappa shape index (κ1) is 11.1. The quantitative estimate of drug-likeness (QED) is 0.628. The smallest absolute Gasteiger partial charge is 0.240 e. The van der Waals surface area contributed by atoms with Crippen LogP contribution in [0.1, 0.15) is 31.5 Å². The number of imidazole rings is 1. The van der Waals surface area contributed by atoms with Crippen LogP contribution in [0.5, 0.6) is 0 Å². The number of aromatic nitrogens is 2. The van der Waals surface area contributed by atoms with Gasteiger partial charge in [-0.25, -0.2) is 4.98 Å². The maximum absolute atomic E-state index is 11.6. The van der Waals surface area contributed by atoms with Crippen LogP contribution in [0, 0.1) is 0 Å². The van der Waals surface area contributed by atoms with Crippen molar-refractivity contribution < 1.29 is 4.79 Å². The van der Waals surface area contributed by atoms with Gasteiger partial charge in [0.1, 0.15) is 5.82 Å². The minimum Gasteiger partial charge on any atom is -0.354 e. The van der Waals surface area contributed by atoms with E-state index < -0.39 is 5.54 Å². The highest BCUT2D eigenvalue weighted by atomic mass is 16.2. The molecule has 5 heteroatoms. The van der Waals surface area contributed by atoms with Crippen molar-refractivity contribution in [1.29, 1.82) is 0 Å².